The van der Waals surface area contributed by atoms with Crippen LogP contribution in [0, 0.1) is 5.92 Å². The molecule has 1 saturated carbocycles. The van der Waals surface area contributed by atoms with Gasteiger partial charge in [-0.15, -0.1) is 0 Å². The minimum atomic E-state index is -3.07. The van der Waals surface area contributed by atoms with E-state index in [0.29, 0.717) is 31.1 Å². The minimum Gasteiger partial charge on any atom is -0.352 e. The van der Waals surface area contributed by atoms with Crippen molar-refractivity contribution in [3.05, 3.63) is 35.4 Å². The minimum absolute atomic E-state index is 0.00618. The van der Waals surface area contributed by atoms with Crippen molar-refractivity contribution >= 4 is 15.9 Å². The number of nitrogens with one attached hydrogen (secondary N) is 1. The molecule has 1 aromatic rings. The third-order valence-corrected chi connectivity index (χ3v) is 8.26. The molecule has 0 unspecified atom stereocenters. The molecule has 1 aliphatic carbocycles. The average molecular weight is 450 g/mol. The summed E-state index contributed by atoms with van der Waals surface area (Å²) >= 11 is 0. The first kappa shape index (κ1) is 24.2. The van der Waals surface area contributed by atoms with Crippen molar-refractivity contribution in [3.63, 3.8) is 0 Å². The molecule has 1 aromatic carbocycles. The van der Waals surface area contributed by atoms with Crippen molar-refractivity contribution in [2.24, 2.45) is 5.92 Å². The molecule has 3 rings (SSSR count). The molecule has 0 aromatic heterocycles. The highest BCUT2D eigenvalue weighted by Crippen LogP contribution is 2.23. The standard InChI is InChI=1S/C24H39N3O3S/c1-26(23-7-4-3-5-8-23)16-6-15-25-24(28)22-11-9-20(10-12-22)19-21-13-17-27(18-14-21)31(2,29)30/h9-12,21,23H,3-8,13-19H2,1-2H3,(H,25,28). The predicted molar refractivity (Wildman–Crippen MR) is 126 cm³/mol. The van der Waals surface area contributed by atoms with Gasteiger partial charge in [-0.1, -0.05) is 31.4 Å². The van der Waals surface area contributed by atoms with Crippen LogP contribution in [0.15, 0.2) is 24.3 Å². The van der Waals surface area contributed by atoms with Gasteiger partial charge in [-0.05, 0) is 75.7 Å². The Balaban J connectivity index is 1.36. The normalized spacial score (nSPS) is 19.6. The SMILES string of the molecule is CN(CCCNC(=O)c1ccc(CC2CCN(S(C)(=O)=O)CC2)cc1)C1CCCCC1. The molecular weight excluding hydrogens is 410 g/mol. The first-order chi connectivity index (χ1) is 14.8. The Morgan fingerprint density at radius 1 is 1.06 bits per heavy atom. The number of nitrogens with zero attached hydrogens (tertiary/aromatic N) is 2. The quantitative estimate of drug-likeness (QED) is 0.588. The molecule has 1 saturated heterocycles. The van der Waals surface area contributed by atoms with Crippen LogP contribution in [0.2, 0.25) is 0 Å². The first-order valence-electron chi connectivity index (χ1n) is 11.9. The van der Waals surface area contributed by atoms with E-state index in [0.717, 1.165) is 38.3 Å². The highest BCUT2D eigenvalue weighted by Gasteiger charge is 2.25. The van der Waals surface area contributed by atoms with Gasteiger partial charge in [-0.2, -0.15) is 0 Å². The maximum absolute atomic E-state index is 12.4. The molecule has 2 fully saturated rings. The Morgan fingerprint density at radius 3 is 2.32 bits per heavy atom. The number of piperidine rings is 1. The van der Waals surface area contributed by atoms with Crippen LogP contribution in [-0.4, -0.2) is 69.1 Å². The zero-order valence-corrected chi connectivity index (χ0v) is 20.0. The second kappa shape index (κ2) is 11.4. The van der Waals surface area contributed by atoms with Crippen molar-refractivity contribution in [3.8, 4) is 0 Å². The summed E-state index contributed by atoms with van der Waals surface area (Å²) in [6.45, 7) is 2.96. The summed E-state index contributed by atoms with van der Waals surface area (Å²) in [6, 6.07) is 8.61. The molecule has 0 radical (unpaired) electrons. The molecule has 174 valence electrons. The Labute approximate surface area is 188 Å². The maximum Gasteiger partial charge on any atom is 0.251 e. The zero-order valence-electron chi connectivity index (χ0n) is 19.2. The third kappa shape index (κ3) is 7.58. The van der Waals surface area contributed by atoms with Crippen molar-refractivity contribution in [2.75, 3.05) is 39.5 Å². The van der Waals surface area contributed by atoms with E-state index in [9.17, 15) is 13.2 Å². The van der Waals surface area contributed by atoms with E-state index in [1.807, 2.05) is 24.3 Å². The van der Waals surface area contributed by atoms with Gasteiger partial charge in [0.25, 0.3) is 5.91 Å². The lowest BCUT2D eigenvalue weighted by Gasteiger charge is -2.31. The molecule has 2 aliphatic rings. The van der Waals surface area contributed by atoms with Crippen LogP contribution in [0.3, 0.4) is 0 Å². The van der Waals surface area contributed by atoms with E-state index in [4.69, 9.17) is 0 Å². The number of benzene rings is 1. The third-order valence-electron chi connectivity index (χ3n) is 6.95. The number of hydrogen-bond acceptors (Lipinski definition) is 4. The largest absolute Gasteiger partial charge is 0.352 e. The summed E-state index contributed by atoms with van der Waals surface area (Å²) in [5.74, 6) is 0.493. The lowest BCUT2D eigenvalue weighted by atomic mass is 9.91. The molecule has 1 aliphatic heterocycles. The lowest BCUT2D eigenvalue weighted by Crippen LogP contribution is -2.38. The molecule has 31 heavy (non-hydrogen) atoms. The van der Waals surface area contributed by atoms with Crippen LogP contribution in [0.5, 0.6) is 0 Å². The second-order valence-corrected chi connectivity index (χ2v) is 11.4. The van der Waals surface area contributed by atoms with Crippen molar-refractivity contribution in [2.45, 2.75) is 63.8 Å². The van der Waals surface area contributed by atoms with Crippen LogP contribution in [-0.2, 0) is 16.4 Å². The van der Waals surface area contributed by atoms with E-state index < -0.39 is 10.0 Å². The number of carbonyl (C=O) groups excluding carboxylic acids is 1. The molecule has 1 N–H and O–H groups in total. The number of amides is 1. The molecule has 1 amide bonds. The highest BCUT2D eigenvalue weighted by molar-refractivity contribution is 7.88. The summed E-state index contributed by atoms with van der Waals surface area (Å²) in [5.41, 5.74) is 1.92. The van der Waals surface area contributed by atoms with Crippen molar-refractivity contribution < 1.29 is 13.2 Å². The topological polar surface area (TPSA) is 69.7 Å². The fraction of sp³-hybridized carbons (Fsp3) is 0.708. The number of sulfonamides is 1. The summed E-state index contributed by atoms with van der Waals surface area (Å²) in [7, 11) is -0.862. The van der Waals surface area contributed by atoms with E-state index >= 15 is 0 Å². The van der Waals surface area contributed by atoms with Gasteiger partial charge < -0.3 is 10.2 Å². The Kier molecular flexibility index (Phi) is 8.93. The van der Waals surface area contributed by atoms with E-state index in [1.165, 1.54) is 43.9 Å². The molecule has 7 heteroatoms. The predicted octanol–water partition coefficient (Wildman–Crippen LogP) is 3.29. The molecule has 1 heterocycles. The Morgan fingerprint density at radius 2 is 1.71 bits per heavy atom. The van der Waals surface area contributed by atoms with Crippen LogP contribution >= 0.6 is 0 Å². The van der Waals surface area contributed by atoms with Gasteiger partial charge in [0.15, 0.2) is 0 Å². The summed E-state index contributed by atoms with van der Waals surface area (Å²) in [4.78, 5) is 14.9. The Hall–Kier alpha value is -1.44. The Bertz CT molecular complexity index is 796. The van der Waals surface area contributed by atoms with Gasteiger partial charge in [0.05, 0.1) is 6.26 Å². The second-order valence-electron chi connectivity index (χ2n) is 9.39. The van der Waals surface area contributed by atoms with Crippen LogP contribution < -0.4 is 5.32 Å². The monoisotopic (exact) mass is 449 g/mol. The number of rotatable bonds is 9. The molecule has 0 bridgehead atoms. The summed E-state index contributed by atoms with van der Waals surface area (Å²) in [6.07, 6.45) is 11.7. The smallest absolute Gasteiger partial charge is 0.251 e. The van der Waals surface area contributed by atoms with Gasteiger partial charge in [-0.25, -0.2) is 12.7 Å². The van der Waals surface area contributed by atoms with E-state index in [-0.39, 0.29) is 5.91 Å². The molecule has 0 atom stereocenters. The van der Waals surface area contributed by atoms with Gasteiger partial charge in [-0.3, -0.25) is 4.79 Å². The summed E-state index contributed by atoms with van der Waals surface area (Å²) in [5, 5.41) is 3.05. The molecule has 6 nitrogen and oxygen atoms in total. The van der Waals surface area contributed by atoms with Crippen molar-refractivity contribution in [1.82, 2.24) is 14.5 Å². The van der Waals surface area contributed by atoms with Gasteiger partial charge in [0, 0.05) is 31.2 Å². The maximum atomic E-state index is 12.4. The highest BCUT2D eigenvalue weighted by atomic mass is 32.2. The molecular formula is C24H39N3O3S. The van der Waals surface area contributed by atoms with Crippen LogP contribution in [0.1, 0.15) is 67.3 Å². The van der Waals surface area contributed by atoms with Crippen LogP contribution in [0.25, 0.3) is 0 Å². The first-order valence-corrected chi connectivity index (χ1v) is 13.7. The van der Waals surface area contributed by atoms with Crippen molar-refractivity contribution in [1.29, 1.82) is 0 Å². The fourth-order valence-electron chi connectivity index (χ4n) is 4.91. The number of hydrogen-bond donors (Lipinski definition) is 1. The molecule has 0 spiro atoms. The van der Waals surface area contributed by atoms with Gasteiger partial charge in [0.2, 0.25) is 10.0 Å². The van der Waals surface area contributed by atoms with Crippen LogP contribution in [0.4, 0.5) is 0 Å². The average Bonchev–Trinajstić information content (AvgIpc) is 2.77. The van der Waals surface area contributed by atoms with Gasteiger partial charge >= 0.3 is 0 Å². The fourth-order valence-corrected chi connectivity index (χ4v) is 5.78. The van der Waals surface area contributed by atoms with Gasteiger partial charge in [0.1, 0.15) is 0 Å². The van der Waals surface area contributed by atoms with E-state index in [1.54, 1.807) is 4.31 Å². The van der Waals surface area contributed by atoms with E-state index in [2.05, 4.69) is 17.3 Å². The zero-order chi connectivity index (χ0) is 22.3. The lowest BCUT2D eigenvalue weighted by molar-refractivity contribution is 0.0950. The summed E-state index contributed by atoms with van der Waals surface area (Å²) < 4.78 is 24.8. The number of carbonyl (C=O) groups is 1.